The summed E-state index contributed by atoms with van der Waals surface area (Å²) in [5, 5.41) is 2.88. The van der Waals surface area contributed by atoms with E-state index in [0.29, 0.717) is 35.5 Å². The Labute approximate surface area is 181 Å². The third-order valence-electron chi connectivity index (χ3n) is 6.96. The van der Waals surface area contributed by atoms with E-state index in [1.54, 1.807) is 12.2 Å². The molecule has 0 aromatic heterocycles. The lowest BCUT2D eigenvalue weighted by molar-refractivity contribution is -0.136. The molecule has 1 spiro atoms. The number of alkyl halides is 1. The van der Waals surface area contributed by atoms with E-state index in [1.807, 2.05) is 4.90 Å². The fraction of sp³-hybridized carbons (Fsp3) is 0.609. The van der Waals surface area contributed by atoms with Crippen LogP contribution in [0.2, 0.25) is 0 Å². The molecule has 29 heavy (non-hydrogen) atoms. The number of amides is 2. The number of allylic oxidation sites excluding steroid dienone is 6. The summed E-state index contributed by atoms with van der Waals surface area (Å²) >= 11 is 3.58. The van der Waals surface area contributed by atoms with Crippen LogP contribution in [0.1, 0.15) is 39.5 Å². The Hall–Kier alpha value is -1.40. The predicted molar refractivity (Wildman–Crippen MR) is 118 cm³/mol. The number of urea groups is 1. The van der Waals surface area contributed by atoms with Crippen molar-refractivity contribution in [1.82, 2.24) is 15.1 Å². The van der Waals surface area contributed by atoms with Crippen LogP contribution in [0.4, 0.5) is 9.18 Å². The van der Waals surface area contributed by atoms with Crippen molar-refractivity contribution in [2.45, 2.75) is 57.8 Å². The van der Waals surface area contributed by atoms with Gasteiger partial charge in [0.1, 0.15) is 6.17 Å². The molecule has 0 radical (unpaired) electrons. The zero-order chi connectivity index (χ0) is 20.6. The number of rotatable bonds is 3. The van der Waals surface area contributed by atoms with E-state index in [9.17, 15) is 9.18 Å². The van der Waals surface area contributed by atoms with Crippen molar-refractivity contribution in [3.8, 4) is 0 Å². The lowest BCUT2D eigenvalue weighted by atomic mass is 9.60. The van der Waals surface area contributed by atoms with Crippen molar-refractivity contribution in [1.29, 1.82) is 0 Å². The molecule has 2 aliphatic carbocycles. The SMILES string of the molecule is CC(C)N1CC2(CCN(C(=O)NC3=CC(F)CC=C3)CC2)C1C1C=CC(Br)=CC1. The number of piperidine rings is 1. The van der Waals surface area contributed by atoms with E-state index in [1.165, 1.54) is 10.6 Å². The van der Waals surface area contributed by atoms with Crippen LogP contribution in [-0.4, -0.2) is 53.7 Å². The van der Waals surface area contributed by atoms with E-state index in [4.69, 9.17) is 0 Å². The first kappa shape index (κ1) is 20.9. The number of hydrogen-bond acceptors (Lipinski definition) is 2. The molecule has 3 atom stereocenters. The highest BCUT2D eigenvalue weighted by Crippen LogP contribution is 2.51. The van der Waals surface area contributed by atoms with Gasteiger partial charge in [0.2, 0.25) is 0 Å². The van der Waals surface area contributed by atoms with E-state index in [-0.39, 0.29) is 6.03 Å². The molecule has 4 rings (SSSR count). The minimum Gasteiger partial charge on any atom is -0.324 e. The van der Waals surface area contributed by atoms with Crippen LogP contribution in [0.3, 0.4) is 0 Å². The number of carbonyl (C=O) groups excluding carboxylic acids is 1. The third kappa shape index (κ3) is 4.24. The van der Waals surface area contributed by atoms with Crippen molar-refractivity contribution in [3.05, 3.63) is 46.6 Å². The van der Waals surface area contributed by atoms with Gasteiger partial charge in [-0.25, -0.2) is 9.18 Å². The van der Waals surface area contributed by atoms with Gasteiger partial charge in [-0.15, -0.1) is 0 Å². The lowest BCUT2D eigenvalue weighted by Crippen LogP contribution is -2.71. The molecule has 2 heterocycles. The van der Waals surface area contributed by atoms with Crippen LogP contribution in [0.25, 0.3) is 0 Å². The summed E-state index contributed by atoms with van der Waals surface area (Å²) < 4.78 is 14.7. The van der Waals surface area contributed by atoms with Crippen molar-refractivity contribution in [2.24, 2.45) is 11.3 Å². The van der Waals surface area contributed by atoms with Crippen LogP contribution in [0.5, 0.6) is 0 Å². The Morgan fingerprint density at radius 2 is 2.03 bits per heavy atom. The topological polar surface area (TPSA) is 35.6 Å². The predicted octanol–water partition coefficient (Wildman–Crippen LogP) is 4.91. The number of halogens is 2. The highest BCUT2D eigenvalue weighted by Gasteiger charge is 2.56. The van der Waals surface area contributed by atoms with Crippen molar-refractivity contribution < 1.29 is 9.18 Å². The van der Waals surface area contributed by atoms with E-state index >= 15 is 0 Å². The average Bonchev–Trinajstić information content (AvgIpc) is 2.68. The fourth-order valence-electron chi connectivity index (χ4n) is 5.38. The number of carbonyl (C=O) groups is 1. The van der Waals surface area contributed by atoms with Gasteiger partial charge in [0.25, 0.3) is 0 Å². The second-order valence-corrected chi connectivity index (χ2v) is 10.0. The van der Waals surface area contributed by atoms with Crippen LogP contribution in [0.15, 0.2) is 46.6 Å². The third-order valence-corrected chi connectivity index (χ3v) is 7.54. The Balaban J connectivity index is 1.39. The van der Waals surface area contributed by atoms with Crippen LogP contribution in [0, 0.1) is 11.3 Å². The number of nitrogens with zero attached hydrogens (tertiary/aromatic N) is 2. The zero-order valence-electron chi connectivity index (χ0n) is 17.3. The molecule has 0 aromatic carbocycles. The second kappa shape index (κ2) is 8.38. The molecule has 0 aromatic rings. The number of hydrogen-bond donors (Lipinski definition) is 1. The fourth-order valence-corrected chi connectivity index (χ4v) is 5.72. The van der Waals surface area contributed by atoms with Gasteiger partial charge in [0.15, 0.2) is 0 Å². The first-order chi connectivity index (χ1) is 13.9. The molecule has 2 saturated heterocycles. The Morgan fingerprint density at radius 1 is 1.28 bits per heavy atom. The van der Waals surface area contributed by atoms with Crippen LogP contribution >= 0.6 is 15.9 Å². The Bertz CT molecular complexity index is 764. The van der Waals surface area contributed by atoms with Gasteiger partial charge in [-0.2, -0.15) is 0 Å². The first-order valence-corrected chi connectivity index (χ1v) is 11.6. The van der Waals surface area contributed by atoms with Gasteiger partial charge in [-0.05, 0) is 51.2 Å². The maximum Gasteiger partial charge on any atom is 0.321 e. The molecule has 4 aliphatic rings. The van der Waals surface area contributed by atoms with E-state index < -0.39 is 6.17 Å². The molecule has 2 amide bonds. The highest BCUT2D eigenvalue weighted by atomic mass is 79.9. The minimum atomic E-state index is -1.00. The monoisotopic (exact) mass is 463 g/mol. The lowest BCUT2D eigenvalue weighted by Gasteiger charge is -2.64. The quantitative estimate of drug-likeness (QED) is 0.645. The number of likely N-dealkylation sites (tertiary alicyclic amines) is 2. The summed E-state index contributed by atoms with van der Waals surface area (Å²) in [4.78, 5) is 17.2. The molecule has 6 heteroatoms. The standard InChI is InChI=1S/C23H31BrFN3O/c1-16(2)28-15-23(21(28)17-6-8-18(24)9-7-17)10-12-27(13-11-23)22(29)26-20-5-3-4-19(25)14-20/h3,5-6,8-9,14,16-17,19,21H,4,7,10-13,15H2,1-2H3,(H,26,29). The Morgan fingerprint density at radius 3 is 2.66 bits per heavy atom. The molecule has 4 nitrogen and oxygen atoms in total. The maximum atomic E-state index is 13.5. The van der Waals surface area contributed by atoms with Gasteiger partial charge in [-0.1, -0.05) is 40.2 Å². The molecule has 0 bridgehead atoms. The summed E-state index contributed by atoms with van der Waals surface area (Å²) in [6, 6.07) is 0.969. The van der Waals surface area contributed by atoms with E-state index in [2.05, 4.69) is 58.2 Å². The molecule has 3 unspecified atom stereocenters. The summed E-state index contributed by atoms with van der Waals surface area (Å²) in [7, 11) is 0. The number of nitrogens with one attached hydrogen (secondary N) is 1. The first-order valence-electron chi connectivity index (χ1n) is 10.8. The largest absolute Gasteiger partial charge is 0.324 e. The molecule has 2 aliphatic heterocycles. The summed E-state index contributed by atoms with van der Waals surface area (Å²) in [5.74, 6) is 0.534. The smallest absolute Gasteiger partial charge is 0.321 e. The summed E-state index contributed by atoms with van der Waals surface area (Å²) in [6.45, 7) is 7.21. The van der Waals surface area contributed by atoms with Gasteiger partial charge in [0, 0.05) is 53.7 Å². The normalized spacial score (nSPS) is 31.5. The molecular formula is C23H31BrFN3O. The van der Waals surface area contributed by atoms with Crippen LogP contribution < -0.4 is 5.32 Å². The summed E-state index contributed by atoms with van der Waals surface area (Å²) in [5.41, 5.74) is 0.869. The molecule has 0 saturated carbocycles. The second-order valence-electron chi connectivity index (χ2n) is 9.11. The van der Waals surface area contributed by atoms with E-state index in [0.717, 1.165) is 38.9 Å². The highest BCUT2D eigenvalue weighted by molar-refractivity contribution is 9.11. The molecular weight excluding hydrogens is 433 g/mol. The van der Waals surface area contributed by atoms with Gasteiger partial charge < -0.3 is 10.2 Å². The van der Waals surface area contributed by atoms with Gasteiger partial charge >= 0.3 is 6.03 Å². The van der Waals surface area contributed by atoms with Crippen molar-refractivity contribution in [2.75, 3.05) is 19.6 Å². The van der Waals surface area contributed by atoms with Gasteiger partial charge in [-0.3, -0.25) is 4.90 Å². The van der Waals surface area contributed by atoms with Crippen molar-refractivity contribution in [3.63, 3.8) is 0 Å². The van der Waals surface area contributed by atoms with Gasteiger partial charge in [0.05, 0.1) is 0 Å². The summed E-state index contributed by atoms with van der Waals surface area (Å²) in [6.07, 6.45) is 14.4. The molecule has 1 N–H and O–H groups in total. The average molecular weight is 464 g/mol. The molecule has 158 valence electrons. The van der Waals surface area contributed by atoms with Crippen LogP contribution in [-0.2, 0) is 0 Å². The maximum absolute atomic E-state index is 13.5. The van der Waals surface area contributed by atoms with Crippen molar-refractivity contribution >= 4 is 22.0 Å². The Kier molecular flexibility index (Phi) is 6.03. The zero-order valence-corrected chi connectivity index (χ0v) is 18.9. The molecule has 2 fully saturated rings. The minimum absolute atomic E-state index is 0.106.